The molecular formula is C66H93F9N8O11S3. The van der Waals surface area contributed by atoms with E-state index in [9.17, 15) is 79.2 Å². The molecule has 1 aliphatic carbocycles. The molecule has 544 valence electrons. The molecule has 1 saturated carbocycles. The molecule has 7 fully saturated rings. The first-order valence-electron chi connectivity index (χ1n) is 33.7. The first-order chi connectivity index (χ1) is 45.8. The van der Waals surface area contributed by atoms with Crippen molar-refractivity contribution in [2.45, 2.75) is 183 Å². The maximum Gasteiger partial charge on any atom is 0.409 e. The van der Waals surface area contributed by atoms with Crippen LogP contribution in [0.2, 0.25) is 0 Å². The van der Waals surface area contributed by atoms with E-state index in [0.717, 1.165) is 50.3 Å². The molecule has 0 spiro atoms. The Morgan fingerprint density at radius 2 is 0.887 bits per heavy atom. The number of nitrogens with zero attached hydrogens (tertiary/aromatic N) is 5. The van der Waals surface area contributed by atoms with Crippen LogP contribution in [-0.2, 0) is 68.2 Å². The summed E-state index contributed by atoms with van der Waals surface area (Å²) in [6.07, 6.45) is 11.1. The summed E-state index contributed by atoms with van der Waals surface area (Å²) in [6.45, 7) is 3.91. The van der Waals surface area contributed by atoms with E-state index in [-0.39, 0.29) is 127 Å². The highest BCUT2D eigenvalue weighted by molar-refractivity contribution is 7.92. The number of piperidine rings is 3. The molecule has 4 bridgehead atoms. The Morgan fingerprint density at radius 3 is 1.28 bits per heavy atom. The number of hydrogen-bond acceptors (Lipinski definition) is 14. The second kappa shape index (κ2) is 34.0. The van der Waals surface area contributed by atoms with Crippen molar-refractivity contribution in [2.75, 3.05) is 77.4 Å². The van der Waals surface area contributed by atoms with Crippen molar-refractivity contribution in [3.05, 3.63) is 105 Å². The van der Waals surface area contributed by atoms with Gasteiger partial charge < -0.3 is 41.4 Å². The predicted octanol–water partition coefficient (Wildman–Crippen LogP) is 8.03. The lowest BCUT2D eigenvalue weighted by Gasteiger charge is -2.40. The highest BCUT2D eigenvalue weighted by atomic mass is 32.2. The number of fused-ring (bicyclic) bond motifs is 4. The van der Waals surface area contributed by atoms with Gasteiger partial charge in [-0.1, -0.05) is 19.3 Å². The number of hydrogen-bond donors (Lipinski definition) is 3. The van der Waals surface area contributed by atoms with Crippen molar-refractivity contribution in [1.82, 2.24) is 23.3 Å². The largest absolute Gasteiger partial charge is 0.450 e. The SMILES string of the molecule is CCOC(=O)N(C)CCS(=O)(=O)N1[C@@H]2CC[C@H]1CC([C@H](N)Cc1cc(F)c(F)cc1F)C2.CN(CCS(=O)(=O)N1[C@@H]2CC[C@H]1CC([C@H](N)Cc1cc(F)c(F)cc1F)C2)C(=O)C1CCOCC1.N[C@H](Cc1cc(F)c(F)cc1F)C1CCN(C(=O)CS(=O)(=O)C2CCCCC2)CC1. The van der Waals surface area contributed by atoms with E-state index in [2.05, 4.69) is 0 Å². The number of halogens is 9. The van der Waals surface area contributed by atoms with Crippen LogP contribution in [0.15, 0.2) is 36.4 Å². The van der Waals surface area contributed by atoms with E-state index >= 15 is 0 Å². The van der Waals surface area contributed by atoms with Crippen LogP contribution in [0.3, 0.4) is 0 Å². The summed E-state index contributed by atoms with van der Waals surface area (Å²) in [5, 5.41) is -0.410. The quantitative estimate of drug-likeness (QED) is 0.0635. The molecule has 3 amide bonds. The van der Waals surface area contributed by atoms with Crippen LogP contribution in [0.1, 0.15) is 133 Å². The Balaban J connectivity index is 0.000000186. The smallest absolute Gasteiger partial charge is 0.409 e. The fourth-order valence-electron chi connectivity index (χ4n) is 15.2. The molecule has 2 unspecified atom stereocenters. The fraction of sp³-hybridized carbons (Fsp3) is 0.682. The molecule has 7 aliphatic rings. The molecule has 6 heterocycles. The Morgan fingerprint density at radius 1 is 0.515 bits per heavy atom. The fourth-order valence-corrected chi connectivity index (χ4v) is 21.0. The minimum Gasteiger partial charge on any atom is -0.450 e. The summed E-state index contributed by atoms with van der Waals surface area (Å²) < 4.78 is 213. The zero-order chi connectivity index (χ0) is 70.8. The van der Waals surface area contributed by atoms with E-state index in [1.807, 2.05) is 0 Å². The molecule has 3 aromatic rings. The van der Waals surface area contributed by atoms with Crippen molar-refractivity contribution in [2.24, 2.45) is 40.9 Å². The normalized spacial score (nSPS) is 23.9. The average molecular weight is 1440 g/mol. The monoisotopic (exact) mass is 1440 g/mol. The third-order valence-electron chi connectivity index (χ3n) is 20.7. The standard InChI is InChI=1S/C24H34F3N3O4S.C21H30F3N3O4S.C21H29F3N2O3S/c1-29(24(31)15-4-7-34-8-5-15)6-9-35(32,33)30-18-2-3-19(30)11-17(10-18)23(28)13-16-12-21(26)22(27)14-20(16)25;1-3-31-21(28)26(2)6-7-32(29,30)27-15-4-5-16(27)9-14(8-15)20(25)11-13-10-18(23)19(24)12-17(13)22;22-17-12-19(24)18(23)10-15(17)11-20(25)14-6-8-26(9-7-14)21(27)13-30(28,29)16-4-2-1-3-5-16/h12,14-15,17-19,23H,2-11,13,28H2,1H3;10,12,14-16,20H,3-9,11,25H2,1-2H3;10,12,14,16,20H,1-9,11,13,25H2/t17?,18-,19+,23-;14?,15-,16+,20-;20-/m111/s1. The van der Waals surface area contributed by atoms with Gasteiger partial charge in [-0.15, -0.1) is 0 Å². The summed E-state index contributed by atoms with van der Waals surface area (Å²) in [5.41, 5.74) is 18.9. The van der Waals surface area contributed by atoms with Gasteiger partial charge in [-0.2, -0.15) is 8.61 Å². The lowest BCUT2D eigenvalue weighted by Crippen LogP contribution is -2.51. The second-order valence-electron chi connectivity index (χ2n) is 27.3. The van der Waals surface area contributed by atoms with Crippen LogP contribution in [0.5, 0.6) is 0 Å². The van der Waals surface area contributed by atoms with Crippen LogP contribution >= 0.6 is 0 Å². The molecule has 0 radical (unpaired) electrons. The molecule has 6 N–H and O–H groups in total. The molecule has 19 nitrogen and oxygen atoms in total. The van der Waals surface area contributed by atoms with Gasteiger partial charge in [0.25, 0.3) is 0 Å². The first kappa shape index (κ1) is 77.6. The van der Waals surface area contributed by atoms with Gasteiger partial charge in [0.1, 0.15) is 23.2 Å². The molecule has 6 saturated heterocycles. The van der Waals surface area contributed by atoms with Crippen LogP contribution in [-0.4, -0.2) is 191 Å². The van der Waals surface area contributed by atoms with E-state index in [4.69, 9.17) is 26.7 Å². The Bertz CT molecular complexity index is 3540. The molecule has 6 aliphatic heterocycles. The van der Waals surface area contributed by atoms with Crippen LogP contribution < -0.4 is 17.2 Å². The van der Waals surface area contributed by atoms with Crippen molar-refractivity contribution in [3.63, 3.8) is 0 Å². The molecule has 9 atom stereocenters. The Kier molecular flexibility index (Phi) is 27.2. The number of sulfonamides is 2. The van der Waals surface area contributed by atoms with Gasteiger partial charge in [0.15, 0.2) is 44.7 Å². The third kappa shape index (κ3) is 20.1. The minimum absolute atomic E-state index is 0.0146. The van der Waals surface area contributed by atoms with Gasteiger partial charge in [0.05, 0.1) is 23.4 Å². The predicted molar refractivity (Wildman–Crippen MR) is 345 cm³/mol. The molecule has 31 heteroatoms. The summed E-state index contributed by atoms with van der Waals surface area (Å²) in [5.74, 6) is -11.0. The maximum atomic E-state index is 14.1. The molecular weight excluding hydrogens is 1350 g/mol. The molecule has 97 heavy (non-hydrogen) atoms. The van der Waals surface area contributed by atoms with Gasteiger partial charge in [0, 0.05) is 120 Å². The summed E-state index contributed by atoms with van der Waals surface area (Å²) in [7, 11) is -7.48. The van der Waals surface area contributed by atoms with Crippen molar-refractivity contribution in [3.8, 4) is 0 Å². The van der Waals surface area contributed by atoms with E-state index < -0.39 is 117 Å². The number of sulfone groups is 1. The van der Waals surface area contributed by atoms with Crippen molar-refractivity contribution < 1.29 is 88.6 Å². The van der Waals surface area contributed by atoms with Crippen molar-refractivity contribution >= 4 is 47.8 Å². The number of carbonyl (C=O) groups excluding carboxylic acids is 3. The summed E-state index contributed by atoms with van der Waals surface area (Å²) >= 11 is 0. The number of likely N-dealkylation sites (tertiary alicyclic amines) is 1. The highest BCUT2D eigenvalue weighted by Gasteiger charge is 2.49. The van der Waals surface area contributed by atoms with Gasteiger partial charge in [-0.05, 0) is 169 Å². The van der Waals surface area contributed by atoms with E-state index in [1.165, 1.54) is 16.8 Å². The maximum absolute atomic E-state index is 14.1. The number of benzene rings is 3. The van der Waals surface area contributed by atoms with Crippen LogP contribution in [0.4, 0.5) is 44.3 Å². The van der Waals surface area contributed by atoms with E-state index in [0.29, 0.717) is 122 Å². The zero-order valence-electron chi connectivity index (χ0n) is 55.2. The molecule has 10 rings (SSSR count). The number of carbonyl (C=O) groups is 3. The minimum atomic E-state index is -3.60. The number of nitrogens with two attached hydrogens (primary N) is 3. The molecule has 3 aromatic carbocycles. The lowest BCUT2D eigenvalue weighted by molar-refractivity contribution is -0.137. The Hall–Kier alpha value is -5.15. The van der Waals surface area contributed by atoms with Crippen molar-refractivity contribution in [1.29, 1.82) is 0 Å². The van der Waals surface area contributed by atoms with Gasteiger partial charge in [-0.25, -0.2) is 69.6 Å². The summed E-state index contributed by atoms with van der Waals surface area (Å²) in [6, 6.07) is 1.80. The van der Waals surface area contributed by atoms with Crippen LogP contribution in [0.25, 0.3) is 0 Å². The van der Waals surface area contributed by atoms with Gasteiger partial charge in [-0.3, -0.25) is 9.59 Å². The van der Waals surface area contributed by atoms with Gasteiger partial charge in [0.2, 0.25) is 31.9 Å². The summed E-state index contributed by atoms with van der Waals surface area (Å²) in [4.78, 5) is 41.2. The average Bonchev–Trinajstić information content (AvgIpc) is 1.65. The number of amides is 3. The number of ether oxygens (including phenoxy) is 2. The Labute approximate surface area is 563 Å². The van der Waals surface area contributed by atoms with Crippen LogP contribution in [0, 0.1) is 76.0 Å². The first-order valence-corrected chi connectivity index (χ1v) is 38.6. The number of rotatable bonds is 22. The van der Waals surface area contributed by atoms with Gasteiger partial charge >= 0.3 is 6.09 Å². The second-order valence-corrected chi connectivity index (χ2v) is 33.5. The molecule has 0 aromatic heterocycles. The lowest BCUT2D eigenvalue weighted by atomic mass is 9.83. The zero-order valence-corrected chi connectivity index (χ0v) is 57.6. The third-order valence-corrected chi connectivity index (χ3v) is 26.7. The van der Waals surface area contributed by atoms with E-state index in [1.54, 1.807) is 27.5 Å². The topological polar surface area (TPSA) is 266 Å². The highest BCUT2D eigenvalue weighted by Crippen LogP contribution is 2.44.